The maximum atomic E-state index is 11.9. The molecule has 0 spiro atoms. The van der Waals surface area contributed by atoms with Crippen LogP contribution in [0, 0.1) is 5.92 Å². The molecule has 0 aromatic carbocycles. The van der Waals surface area contributed by atoms with E-state index in [1.807, 2.05) is 0 Å². The molecule has 0 radical (unpaired) electrons. The molecule has 0 atom stereocenters. The van der Waals surface area contributed by atoms with E-state index in [2.05, 4.69) is 24.3 Å². The molecule has 1 N–H and O–H groups in total. The van der Waals surface area contributed by atoms with Gasteiger partial charge in [-0.3, -0.25) is 4.79 Å². The monoisotopic (exact) mass is 283 g/mol. The Labute approximate surface area is 120 Å². The van der Waals surface area contributed by atoms with Crippen LogP contribution in [0.4, 0.5) is 5.69 Å². The number of nitrogens with zero attached hydrogens (tertiary/aromatic N) is 2. The zero-order valence-corrected chi connectivity index (χ0v) is 12.6. The molecule has 1 rings (SSSR count). The van der Waals surface area contributed by atoms with Crippen molar-refractivity contribution in [2.45, 2.75) is 26.8 Å². The van der Waals surface area contributed by atoms with Gasteiger partial charge in [-0.2, -0.15) is 5.10 Å². The molecular formula is C14H25N3O3. The lowest BCUT2D eigenvalue weighted by Gasteiger charge is -2.10. The maximum Gasteiger partial charge on any atom is 0.268 e. The summed E-state index contributed by atoms with van der Waals surface area (Å²) < 4.78 is 11.7. The van der Waals surface area contributed by atoms with Crippen LogP contribution in [-0.4, -0.2) is 43.3 Å². The van der Waals surface area contributed by atoms with E-state index in [4.69, 9.17) is 9.47 Å². The van der Waals surface area contributed by atoms with Gasteiger partial charge in [-0.25, -0.2) is 4.68 Å². The molecule has 0 saturated heterocycles. The van der Waals surface area contributed by atoms with E-state index in [9.17, 15) is 4.79 Å². The van der Waals surface area contributed by atoms with Gasteiger partial charge in [0.1, 0.15) is 0 Å². The molecule has 0 aliphatic heterocycles. The molecule has 0 saturated carbocycles. The number of rotatable bonds is 10. The quantitative estimate of drug-likeness (QED) is 0.657. The summed E-state index contributed by atoms with van der Waals surface area (Å²) in [5.41, 5.74) is 0.687. The predicted octanol–water partition coefficient (Wildman–Crippen LogP) is 1.36. The van der Waals surface area contributed by atoms with Gasteiger partial charge < -0.3 is 14.8 Å². The van der Waals surface area contributed by atoms with Crippen LogP contribution in [0.5, 0.6) is 0 Å². The highest BCUT2D eigenvalue weighted by Crippen LogP contribution is 2.02. The molecule has 0 fully saturated rings. The highest BCUT2D eigenvalue weighted by molar-refractivity contribution is 5.38. The Bertz CT molecular complexity index is 432. The summed E-state index contributed by atoms with van der Waals surface area (Å²) in [6.45, 7) is 7.40. The van der Waals surface area contributed by atoms with Gasteiger partial charge >= 0.3 is 0 Å². The second-order valence-corrected chi connectivity index (χ2v) is 5.04. The molecule has 0 unspecified atom stereocenters. The van der Waals surface area contributed by atoms with Gasteiger partial charge in [-0.1, -0.05) is 13.8 Å². The summed E-state index contributed by atoms with van der Waals surface area (Å²) in [6.07, 6.45) is 2.45. The number of methoxy groups -OCH3 is 1. The van der Waals surface area contributed by atoms with Crippen LogP contribution in [-0.2, 0) is 16.0 Å². The first-order chi connectivity index (χ1) is 9.63. The Morgan fingerprint density at radius 3 is 2.80 bits per heavy atom. The van der Waals surface area contributed by atoms with E-state index in [1.54, 1.807) is 19.4 Å². The summed E-state index contributed by atoms with van der Waals surface area (Å²) in [4.78, 5) is 11.9. The van der Waals surface area contributed by atoms with Gasteiger partial charge in [-0.15, -0.1) is 0 Å². The Kier molecular flexibility index (Phi) is 7.91. The fourth-order valence-electron chi connectivity index (χ4n) is 1.58. The van der Waals surface area contributed by atoms with Crippen molar-refractivity contribution >= 4 is 5.69 Å². The van der Waals surface area contributed by atoms with Gasteiger partial charge in [0.25, 0.3) is 5.56 Å². The highest BCUT2D eigenvalue weighted by Gasteiger charge is 2.01. The zero-order chi connectivity index (χ0) is 14.8. The molecule has 0 bridgehead atoms. The summed E-state index contributed by atoms with van der Waals surface area (Å²) in [7, 11) is 1.64. The minimum absolute atomic E-state index is 0.0874. The third-order valence-corrected chi connectivity index (χ3v) is 2.67. The minimum atomic E-state index is -0.0874. The van der Waals surface area contributed by atoms with Crippen LogP contribution >= 0.6 is 0 Å². The van der Waals surface area contributed by atoms with Crippen molar-refractivity contribution in [1.29, 1.82) is 0 Å². The number of aryl methyl sites for hydroxylation is 1. The number of anilines is 1. The molecule has 20 heavy (non-hydrogen) atoms. The van der Waals surface area contributed by atoms with E-state index < -0.39 is 0 Å². The molecular weight excluding hydrogens is 258 g/mol. The Balaban J connectivity index is 2.34. The first-order valence-electron chi connectivity index (χ1n) is 7.01. The summed E-state index contributed by atoms with van der Waals surface area (Å²) >= 11 is 0. The molecule has 0 aliphatic carbocycles. The standard InChI is InChI=1S/C14H25N3O3/c1-12(2)10-15-13-9-14(18)17(16-11-13)5-4-6-20-8-7-19-3/h9,11-12,15H,4-8,10H2,1-3H3. The summed E-state index contributed by atoms with van der Waals surface area (Å²) in [6, 6.07) is 1.58. The van der Waals surface area contributed by atoms with Crippen LogP contribution in [0.2, 0.25) is 0 Å². The molecule has 1 aromatic rings. The summed E-state index contributed by atoms with van der Waals surface area (Å²) in [5, 5.41) is 7.34. The lowest BCUT2D eigenvalue weighted by Crippen LogP contribution is -2.23. The largest absolute Gasteiger partial charge is 0.383 e. The van der Waals surface area contributed by atoms with E-state index >= 15 is 0 Å². The normalized spacial score (nSPS) is 11.0. The van der Waals surface area contributed by atoms with Gasteiger partial charge in [0.05, 0.1) is 25.1 Å². The van der Waals surface area contributed by atoms with Gasteiger partial charge in [0.2, 0.25) is 0 Å². The lowest BCUT2D eigenvalue weighted by molar-refractivity contribution is 0.0675. The third kappa shape index (κ3) is 6.68. The van der Waals surface area contributed by atoms with Crippen molar-refractivity contribution in [2.24, 2.45) is 5.92 Å². The van der Waals surface area contributed by atoms with Crippen LogP contribution in [0.25, 0.3) is 0 Å². The Morgan fingerprint density at radius 2 is 2.15 bits per heavy atom. The fourth-order valence-corrected chi connectivity index (χ4v) is 1.58. The van der Waals surface area contributed by atoms with E-state index in [-0.39, 0.29) is 5.56 Å². The first-order valence-corrected chi connectivity index (χ1v) is 7.01. The average molecular weight is 283 g/mol. The number of hydrogen-bond donors (Lipinski definition) is 1. The molecule has 6 heteroatoms. The Hall–Kier alpha value is -1.40. The van der Waals surface area contributed by atoms with Crippen molar-refractivity contribution in [3.63, 3.8) is 0 Å². The zero-order valence-electron chi connectivity index (χ0n) is 12.6. The second-order valence-electron chi connectivity index (χ2n) is 5.04. The second kappa shape index (κ2) is 9.50. The van der Waals surface area contributed by atoms with Crippen molar-refractivity contribution in [3.05, 3.63) is 22.6 Å². The third-order valence-electron chi connectivity index (χ3n) is 2.67. The molecule has 6 nitrogen and oxygen atoms in total. The first kappa shape index (κ1) is 16.7. The molecule has 1 heterocycles. The smallest absolute Gasteiger partial charge is 0.268 e. The van der Waals surface area contributed by atoms with Gasteiger partial charge in [-0.05, 0) is 12.3 Å². The number of nitrogens with one attached hydrogen (secondary N) is 1. The van der Waals surface area contributed by atoms with Crippen LogP contribution in [0.1, 0.15) is 20.3 Å². The maximum absolute atomic E-state index is 11.9. The lowest BCUT2D eigenvalue weighted by atomic mass is 10.2. The van der Waals surface area contributed by atoms with Gasteiger partial charge in [0.15, 0.2) is 0 Å². The number of aromatic nitrogens is 2. The van der Waals surface area contributed by atoms with E-state index in [0.29, 0.717) is 32.3 Å². The van der Waals surface area contributed by atoms with Crippen molar-refractivity contribution in [1.82, 2.24) is 9.78 Å². The fraction of sp³-hybridized carbons (Fsp3) is 0.714. The van der Waals surface area contributed by atoms with Crippen LogP contribution < -0.4 is 10.9 Å². The highest BCUT2D eigenvalue weighted by atomic mass is 16.5. The number of ether oxygens (including phenoxy) is 2. The van der Waals surface area contributed by atoms with Gasteiger partial charge in [0, 0.05) is 32.9 Å². The SMILES string of the molecule is COCCOCCCn1ncc(NCC(C)C)cc1=O. The molecule has 0 amide bonds. The van der Waals surface area contributed by atoms with Crippen LogP contribution in [0.15, 0.2) is 17.1 Å². The number of hydrogen-bond acceptors (Lipinski definition) is 5. The average Bonchev–Trinajstić information content (AvgIpc) is 2.42. The van der Waals surface area contributed by atoms with E-state index in [1.165, 1.54) is 4.68 Å². The van der Waals surface area contributed by atoms with Crippen molar-refractivity contribution in [2.75, 3.05) is 38.8 Å². The Morgan fingerprint density at radius 1 is 1.35 bits per heavy atom. The van der Waals surface area contributed by atoms with Crippen molar-refractivity contribution in [3.8, 4) is 0 Å². The summed E-state index contributed by atoms with van der Waals surface area (Å²) in [5.74, 6) is 0.529. The van der Waals surface area contributed by atoms with Crippen molar-refractivity contribution < 1.29 is 9.47 Å². The van der Waals surface area contributed by atoms with Crippen LogP contribution in [0.3, 0.4) is 0 Å². The molecule has 114 valence electrons. The molecule has 1 aromatic heterocycles. The molecule has 0 aliphatic rings. The topological polar surface area (TPSA) is 65.4 Å². The van der Waals surface area contributed by atoms with E-state index in [0.717, 1.165) is 18.7 Å². The minimum Gasteiger partial charge on any atom is -0.383 e. The predicted molar refractivity (Wildman–Crippen MR) is 79.1 cm³/mol.